The van der Waals surface area contributed by atoms with Crippen LogP contribution in [0.3, 0.4) is 0 Å². The molecule has 146 valence electrons. The first-order valence-electron chi connectivity index (χ1n) is 7.91. The van der Waals surface area contributed by atoms with Crippen LogP contribution in [0.4, 0.5) is 4.79 Å². The van der Waals surface area contributed by atoms with E-state index in [0.717, 1.165) is 19.1 Å². The molecule has 25 heavy (non-hydrogen) atoms. The van der Waals surface area contributed by atoms with E-state index in [1.165, 1.54) is 11.8 Å². The highest BCUT2D eigenvalue weighted by atomic mass is 32.2. The third-order valence-corrected chi connectivity index (χ3v) is 3.26. The van der Waals surface area contributed by atoms with Gasteiger partial charge in [-0.3, -0.25) is 4.79 Å². The molecule has 0 aromatic rings. The minimum absolute atomic E-state index is 0.310. The molecule has 0 spiro atoms. The Kier molecular flexibility index (Phi) is 10.1. The lowest BCUT2D eigenvalue weighted by atomic mass is 10.2. The van der Waals surface area contributed by atoms with Gasteiger partial charge in [-0.25, -0.2) is 23.1 Å². The van der Waals surface area contributed by atoms with Gasteiger partial charge in [-0.1, -0.05) is 13.3 Å². The third kappa shape index (κ3) is 10.6. The van der Waals surface area contributed by atoms with Crippen LogP contribution in [0.15, 0.2) is 0 Å². The highest BCUT2D eigenvalue weighted by molar-refractivity contribution is 7.88. The molecule has 11 heteroatoms. The summed E-state index contributed by atoms with van der Waals surface area (Å²) in [5.74, 6) is -1.39. The second kappa shape index (κ2) is 10.9. The van der Waals surface area contributed by atoms with Crippen molar-refractivity contribution in [1.82, 2.24) is 10.2 Å². The maximum Gasteiger partial charge on any atom is 0.407 e. The van der Waals surface area contributed by atoms with Crippen LogP contribution >= 0.6 is 0 Å². The topological polar surface area (TPSA) is 156 Å². The molecule has 0 aromatic heterocycles. The number of likely N-dealkylation sites (tertiary alicyclic amines) is 1. The zero-order valence-electron chi connectivity index (χ0n) is 14.7. The number of sulfonamides is 1. The lowest BCUT2D eigenvalue weighted by molar-refractivity contribution is -0.148. The molecule has 0 radical (unpaired) electrons. The second-order valence-corrected chi connectivity index (χ2v) is 7.37. The minimum Gasteiger partial charge on any atom is -0.480 e. The van der Waals surface area contributed by atoms with E-state index in [9.17, 15) is 22.8 Å². The highest BCUT2D eigenvalue weighted by Gasteiger charge is 2.36. The predicted octanol–water partition coefficient (Wildman–Crippen LogP) is -0.118. The first kappa shape index (κ1) is 23.1. The van der Waals surface area contributed by atoms with Crippen molar-refractivity contribution in [1.29, 1.82) is 0 Å². The number of amides is 2. The summed E-state index contributed by atoms with van der Waals surface area (Å²) in [5.41, 5.74) is 0. The Morgan fingerprint density at radius 3 is 2.44 bits per heavy atom. The number of alkyl carbamates (subject to hydrolysis) is 1. The predicted molar refractivity (Wildman–Crippen MR) is 90.3 cm³/mol. The van der Waals surface area contributed by atoms with Gasteiger partial charge in [-0.2, -0.15) is 0 Å². The summed E-state index contributed by atoms with van der Waals surface area (Å²) in [5, 5.41) is 15.8. The SMILES string of the molecule is CCCCOC(=O)N[C@@H](C)C(=O)N1CCC[C@H]1C(=O)O.CS(N)(=O)=O. The molecule has 1 saturated heterocycles. The molecule has 10 nitrogen and oxygen atoms in total. The van der Waals surface area contributed by atoms with Crippen molar-refractivity contribution < 1.29 is 32.6 Å². The molecule has 0 unspecified atom stereocenters. The number of unbranched alkanes of at least 4 members (excludes halogenated alkanes) is 1. The number of ether oxygens (including phenoxy) is 1. The summed E-state index contributed by atoms with van der Waals surface area (Å²) < 4.78 is 23.7. The molecular formula is C14H27N3O7S. The zero-order valence-corrected chi connectivity index (χ0v) is 15.5. The van der Waals surface area contributed by atoms with Crippen molar-refractivity contribution in [3.8, 4) is 0 Å². The fraction of sp³-hybridized carbons (Fsp3) is 0.786. The van der Waals surface area contributed by atoms with Crippen LogP contribution in [0.2, 0.25) is 0 Å². The summed E-state index contributed by atoms with van der Waals surface area (Å²) in [6.07, 6.45) is 3.09. The molecule has 2 atom stereocenters. The van der Waals surface area contributed by atoms with Crippen LogP contribution in [-0.4, -0.2) is 67.9 Å². The number of nitrogens with zero attached hydrogens (tertiary/aromatic N) is 1. The fourth-order valence-corrected chi connectivity index (χ4v) is 2.13. The van der Waals surface area contributed by atoms with Gasteiger partial charge in [-0.15, -0.1) is 0 Å². The smallest absolute Gasteiger partial charge is 0.407 e. The van der Waals surface area contributed by atoms with Crippen LogP contribution in [0.5, 0.6) is 0 Å². The van der Waals surface area contributed by atoms with Crippen LogP contribution in [-0.2, 0) is 24.3 Å². The van der Waals surface area contributed by atoms with Gasteiger partial charge in [0.05, 0.1) is 12.9 Å². The van der Waals surface area contributed by atoms with Gasteiger partial charge in [0.15, 0.2) is 0 Å². The number of carboxylic acid groups (broad SMARTS) is 1. The molecule has 2 amide bonds. The Hall–Kier alpha value is -1.88. The van der Waals surface area contributed by atoms with E-state index < -0.39 is 34.2 Å². The standard InChI is InChI=1S/C13H22N2O5.CH5NO2S/c1-3-4-8-20-13(19)14-9(2)11(16)15-7-5-6-10(15)12(17)18;1-5(2,3)4/h9-10H,3-8H2,1-2H3,(H,14,19)(H,17,18);1H3,(H2,2,3,4)/t9-,10-;/m0./s1. The Balaban J connectivity index is 0.00000101. The number of rotatable bonds is 6. The Morgan fingerprint density at radius 1 is 1.40 bits per heavy atom. The number of carbonyl (C=O) groups is 3. The Labute approximate surface area is 147 Å². The number of hydrogen-bond acceptors (Lipinski definition) is 6. The normalized spacial score (nSPS) is 17.9. The van der Waals surface area contributed by atoms with E-state index >= 15 is 0 Å². The molecule has 4 N–H and O–H groups in total. The number of nitrogens with two attached hydrogens (primary N) is 1. The van der Waals surface area contributed by atoms with Gasteiger partial charge < -0.3 is 20.1 Å². The molecule has 1 rings (SSSR count). The van der Waals surface area contributed by atoms with E-state index in [0.29, 0.717) is 26.0 Å². The molecule has 0 saturated carbocycles. The number of hydrogen-bond donors (Lipinski definition) is 3. The molecule has 1 aliphatic rings. The number of nitrogens with one attached hydrogen (secondary N) is 1. The van der Waals surface area contributed by atoms with Gasteiger partial charge in [0.1, 0.15) is 12.1 Å². The zero-order chi connectivity index (χ0) is 19.6. The van der Waals surface area contributed by atoms with E-state index in [-0.39, 0.29) is 5.91 Å². The molecule has 1 fully saturated rings. The van der Waals surface area contributed by atoms with Gasteiger partial charge >= 0.3 is 12.1 Å². The fourth-order valence-electron chi connectivity index (χ4n) is 2.13. The second-order valence-electron chi connectivity index (χ2n) is 5.71. The minimum atomic E-state index is -3.17. The van der Waals surface area contributed by atoms with Crippen LogP contribution in [0, 0.1) is 0 Å². The van der Waals surface area contributed by atoms with E-state index in [4.69, 9.17) is 9.84 Å². The molecular weight excluding hydrogens is 354 g/mol. The first-order chi connectivity index (χ1) is 11.5. The van der Waals surface area contributed by atoms with Crippen molar-refractivity contribution >= 4 is 28.0 Å². The van der Waals surface area contributed by atoms with Gasteiger partial charge in [-0.05, 0) is 26.2 Å². The van der Waals surface area contributed by atoms with Crippen LogP contribution < -0.4 is 10.5 Å². The third-order valence-electron chi connectivity index (χ3n) is 3.26. The first-order valence-corrected chi connectivity index (χ1v) is 9.87. The number of primary sulfonamides is 1. The van der Waals surface area contributed by atoms with Crippen molar-refractivity contribution in [2.75, 3.05) is 19.4 Å². The van der Waals surface area contributed by atoms with Crippen molar-refractivity contribution in [3.63, 3.8) is 0 Å². The number of carbonyl (C=O) groups excluding carboxylic acids is 2. The van der Waals surface area contributed by atoms with Crippen LogP contribution in [0.1, 0.15) is 39.5 Å². The molecule has 1 heterocycles. The average Bonchev–Trinajstić information content (AvgIpc) is 2.94. The van der Waals surface area contributed by atoms with Crippen molar-refractivity contribution in [2.24, 2.45) is 5.14 Å². The Morgan fingerprint density at radius 2 is 1.96 bits per heavy atom. The summed E-state index contributed by atoms with van der Waals surface area (Å²) in [4.78, 5) is 35.9. The molecule has 0 bridgehead atoms. The lowest BCUT2D eigenvalue weighted by Gasteiger charge is -2.25. The number of carboxylic acids is 1. The van der Waals surface area contributed by atoms with Gasteiger partial charge in [0.25, 0.3) is 0 Å². The quantitative estimate of drug-likeness (QED) is 0.541. The summed E-state index contributed by atoms with van der Waals surface area (Å²) >= 11 is 0. The van der Waals surface area contributed by atoms with Crippen LogP contribution in [0.25, 0.3) is 0 Å². The van der Waals surface area contributed by atoms with E-state index in [1.807, 2.05) is 6.92 Å². The molecule has 0 aromatic carbocycles. The monoisotopic (exact) mass is 381 g/mol. The lowest BCUT2D eigenvalue weighted by Crippen LogP contribution is -2.50. The maximum atomic E-state index is 12.1. The molecule has 0 aliphatic carbocycles. The largest absolute Gasteiger partial charge is 0.480 e. The van der Waals surface area contributed by atoms with E-state index in [1.54, 1.807) is 0 Å². The Bertz CT molecular complexity index is 557. The summed E-state index contributed by atoms with van der Waals surface area (Å²) in [6, 6.07) is -1.58. The van der Waals surface area contributed by atoms with Gasteiger partial charge in [0, 0.05) is 6.54 Å². The molecule has 1 aliphatic heterocycles. The van der Waals surface area contributed by atoms with E-state index in [2.05, 4.69) is 10.5 Å². The van der Waals surface area contributed by atoms with Crippen molar-refractivity contribution in [3.05, 3.63) is 0 Å². The highest BCUT2D eigenvalue weighted by Crippen LogP contribution is 2.18. The summed E-state index contributed by atoms with van der Waals surface area (Å²) in [6.45, 7) is 4.23. The van der Waals surface area contributed by atoms with Gasteiger partial charge in [0.2, 0.25) is 15.9 Å². The number of aliphatic carboxylic acids is 1. The maximum absolute atomic E-state index is 12.1. The average molecular weight is 381 g/mol. The summed E-state index contributed by atoms with van der Waals surface area (Å²) in [7, 11) is -3.17. The van der Waals surface area contributed by atoms with Crippen molar-refractivity contribution in [2.45, 2.75) is 51.6 Å².